The fourth-order valence-corrected chi connectivity index (χ4v) is 2.79. The molecule has 3 rings (SSSR count). The fraction of sp³-hybridized carbons (Fsp3) is 0.333. The van der Waals surface area contributed by atoms with Crippen LogP contribution in [-0.4, -0.2) is 30.2 Å². The molecule has 2 heterocycles. The minimum absolute atomic E-state index is 0.312. The lowest BCUT2D eigenvalue weighted by molar-refractivity contribution is 0.190. The van der Waals surface area contributed by atoms with Crippen LogP contribution in [0.2, 0.25) is 0 Å². The summed E-state index contributed by atoms with van der Waals surface area (Å²) in [5, 5.41) is 3.24. The number of carbonyl (C=O) groups excluding carboxylic acids is 1. The molecule has 20 heavy (non-hydrogen) atoms. The molecule has 5 nitrogen and oxygen atoms in total. The first-order valence-corrected chi connectivity index (χ1v) is 6.87. The van der Waals surface area contributed by atoms with Gasteiger partial charge >= 0.3 is 6.03 Å². The zero-order valence-corrected chi connectivity index (χ0v) is 11.2. The van der Waals surface area contributed by atoms with E-state index >= 15 is 0 Å². The monoisotopic (exact) mass is 270 g/mol. The maximum atomic E-state index is 11.1. The van der Waals surface area contributed by atoms with Crippen LogP contribution in [0.4, 0.5) is 10.5 Å². The number of urea groups is 1. The Morgan fingerprint density at radius 1 is 1.35 bits per heavy atom. The number of aliphatic imine (C=N–C) groups is 1. The lowest BCUT2D eigenvalue weighted by Crippen LogP contribution is -2.41. The summed E-state index contributed by atoms with van der Waals surface area (Å²) in [6.45, 7) is 1.48. The van der Waals surface area contributed by atoms with Crippen molar-refractivity contribution in [3.63, 3.8) is 0 Å². The predicted octanol–water partition coefficient (Wildman–Crippen LogP) is 2.26. The third-order valence-corrected chi connectivity index (χ3v) is 3.97. The summed E-state index contributed by atoms with van der Waals surface area (Å²) in [6.07, 6.45) is 7.36. The van der Waals surface area contributed by atoms with Gasteiger partial charge in [0.1, 0.15) is 0 Å². The van der Waals surface area contributed by atoms with E-state index in [1.54, 1.807) is 11.1 Å². The van der Waals surface area contributed by atoms with Crippen LogP contribution in [0.25, 0.3) is 0 Å². The van der Waals surface area contributed by atoms with Crippen LogP contribution in [-0.2, 0) is 0 Å². The SMILES string of the molecule is NC(=O)N1CCC(c2ccc3c(c2)NC=CN=C3)CC1. The number of nitrogens with one attached hydrogen (secondary N) is 1. The molecule has 0 radical (unpaired) electrons. The van der Waals surface area contributed by atoms with E-state index < -0.39 is 0 Å². The lowest BCUT2D eigenvalue weighted by Gasteiger charge is -2.31. The van der Waals surface area contributed by atoms with Crippen molar-refractivity contribution in [3.05, 3.63) is 41.7 Å². The molecule has 0 atom stereocenters. The first kappa shape index (κ1) is 12.7. The van der Waals surface area contributed by atoms with Crippen molar-refractivity contribution in [2.75, 3.05) is 18.4 Å². The number of amides is 2. The molecule has 1 fully saturated rings. The van der Waals surface area contributed by atoms with Gasteiger partial charge in [-0.25, -0.2) is 4.79 Å². The van der Waals surface area contributed by atoms with Crippen LogP contribution in [0.1, 0.15) is 29.9 Å². The molecular weight excluding hydrogens is 252 g/mol. The Labute approximate surface area is 118 Å². The van der Waals surface area contributed by atoms with Gasteiger partial charge in [0, 0.05) is 43.0 Å². The molecule has 1 saturated heterocycles. The Balaban J connectivity index is 1.76. The Hall–Kier alpha value is -2.30. The highest BCUT2D eigenvalue weighted by Crippen LogP contribution is 2.30. The summed E-state index contributed by atoms with van der Waals surface area (Å²) < 4.78 is 0. The zero-order valence-electron chi connectivity index (χ0n) is 11.2. The van der Waals surface area contributed by atoms with Crippen molar-refractivity contribution in [2.24, 2.45) is 10.7 Å². The number of fused-ring (bicyclic) bond motifs is 1. The molecule has 0 saturated carbocycles. The molecule has 1 aromatic rings. The maximum absolute atomic E-state index is 11.1. The molecule has 3 N–H and O–H groups in total. The number of piperidine rings is 1. The van der Waals surface area contributed by atoms with Gasteiger partial charge in [-0.05, 0) is 30.4 Å². The highest BCUT2D eigenvalue weighted by Gasteiger charge is 2.22. The summed E-state index contributed by atoms with van der Waals surface area (Å²) in [4.78, 5) is 17.0. The fourth-order valence-electron chi connectivity index (χ4n) is 2.79. The van der Waals surface area contributed by atoms with Crippen molar-refractivity contribution in [1.29, 1.82) is 0 Å². The zero-order chi connectivity index (χ0) is 13.9. The maximum Gasteiger partial charge on any atom is 0.314 e. The second-order valence-electron chi connectivity index (χ2n) is 5.18. The predicted molar refractivity (Wildman–Crippen MR) is 79.9 cm³/mol. The van der Waals surface area contributed by atoms with Crippen LogP contribution in [0.15, 0.2) is 35.6 Å². The van der Waals surface area contributed by atoms with E-state index in [0.717, 1.165) is 37.2 Å². The van der Waals surface area contributed by atoms with Gasteiger partial charge in [0.25, 0.3) is 0 Å². The quantitative estimate of drug-likeness (QED) is 0.821. The standard InChI is InChI=1S/C15H18N4O/c16-15(20)19-7-3-11(4-8-19)12-1-2-13-10-17-5-6-18-14(13)9-12/h1-2,5-6,9-11,18H,3-4,7-8H2,(H2,16,20). The number of benzene rings is 1. The van der Waals surface area contributed by atoms with Crippen molar-refractivity contribution < 1.29 is 4.79 Å². The first-order valence-electron chi connectivity index (χ1n) is 6.87. The van der Waals surface area contributed by atoms with E-state index in [9.17, 15) is 4.79 Å². The summed E-state index contributed by atoms with van der Waals surface area (Å²) >= 11 is 0. The number of anilines is 1. The highest BCUT2D eigenvalue weighted by atomic mass is 16.2. The Bertz CT molecular complexity index is 571. The van der Waals surface area contributed by atoms with Crippen molar-refractivity contribution in [1.82, 2.24) is 4.90 Å². The largest absolute Gasteiger partial charge is 0.360 e. The smallest absolute Gasteiger partial charge is 0.314 e. The number of carbonyl (C=O) groups is 1. The van der Waals surface area contributed by atoms with Crippen molar-refractivity contribution >= 4 is 17.9 Å². The van der Waals surface area contributed by atoms with E-state index in [4.69, 9.17) is 5.73 Å². The van der Waals surface area contributed by atoms with E-state index in [2.05, 4.69) is 28.5 Å². The van der Waals surface area contributed by atoms with Gasteiger partial charge in [-0.2, -0.15) is 0 Å². The lowest BCUT2D eigenvalue weighted by atomic mass is 9.88. The van der Waals surface area contributed by atoms with E-state index in [1.165, 1.54) is 5.56 Å². The Morgan fingerprint density at radius 3 is 2.90 bits per heavy atom. The number of nitrogens with zero attached hydrogens (tertiary/aromatic N) is 2. The van der Waals surface area contributed by atoms with Crippen LogP contribution in [0.5, 0.6) is 0 Å². The molecule has 5 heteroatoms. The second kappa shape index (κ2) is 5.36. The third kappa shape index (κ3) is 2.52. The molecule has 1 aromatic carbocycles. The topological polar surface area (TPSA) is 70.7 Å². The van der Waals surface area contributed by atoms with Gasteiger partial charge in [-0.1, -0.05) is 12.1 Å². The molecule has 2 aliphatic heterocycles. The van der Waals surface area contributed by atoms with Gasteiger partial charge in [0.15, 0.2) is 0 Å². The number of nitrogens with two attached hydrogens (primary N) is 1. The molecule has 0 unspecified atom stereocenters. The highest BCUT2D eigenvalue weighted by molar-refractivity contribution is 5.89. The average Bonchev–Trinajstić information content (AvgIpc) is 2.71. The third-order valence-electron chi connectivity index (χ3n) is 3.97. The minimum Gasteiger partial charge on any atom is -0.360 e. The summed E-state index contributed by atoms with van der Waals surface area (Å²) in [6, 6.07) is 6.12. The van der Waals surface area contributed by atoms with E-state index in [0.29, 0.717) is 5.92 Å². The van der Waals surface area contributed by atoms with Crippen molar-refractivity contribution in [2.45, 2.75) is 18.8 Å². The molecule has 0 aromatic heterocycles. The van der Waals surface area contributed by atoms with Crippen LogP contribution in [0.3, 0.4) is 0 Å². The van der Waals surface area contributed by atoms with Gasteiger partial charge in [-0.3, -0.25) is 4.99 Å². The molecule has 0 bridgehead atoms. The molecule has 0 aliphatic carbocycles. The van der Waals surface area contributed by atoms with E-state index in [1.807, 2.05) is 12.4 Å². The summed E-state index contributed by atoms with van der Waals surface area (Å²) in [5.41, 5.74) is 8.80. The second-order valence-corrected chi connectivity index (χ2v) is 5.18. The van der Waals surface area contributed by atoms with Crippen molar-refractivity contribution in [3.8, 4) is 0 Å². The summed E-state index contributed by atoms with van der Waals surface area (Å²) in [5.74, 6) is 0.488. The van der Waals surface area contributed by atoms with Crippen LogP contribution < -0.4 is 11.1 Å². The van der Waals surface area contributed by atoms with E-state index in [-0.39, 0.29) is 6.03 Å². The molecule has 104 valence electrons. The number of likely N-dealkylation sites (tertiary alicyclic amines) is 1. The average molecular weight is 270 g/mol. The Kier molecular flexibility index (Phi) is 3.41. The molecule has 2 amide bonds. The number of hydrogen-bond acceptors (Lipinski definition) is 3. The Morgan fingerprint density at radius 2 is 2.15 bits per heavy atom. The molecule has 0 spiro atoms. The van der Waals surface area contributed by atoms with Gasteiger partial charge < -0.3 is 16.0 Å². The van der Waals surface area contributed by atoms with Gasteiger partial charge in [-0.15, -0.1) is 0 Å². The van der Waals surface area contributed by atoms with Crippen LogP contribution in [0, 0.1) is 0 Å². The molecular formula is C15H18N4O. The number of primary amides is 1. The van der Waals surface area contributed by atoms with Gasteiger partial charge in [0.05, 0.1) is 0 Å². The number of rotatable bonds is 1. The minimum atomic E-state index is -0.312. The normalized spacial score (nSPS) is 18.3. The number of hydrogen-bond donors (Lipinski definition) is 2. The first-order chi connectivity index (χ1) is 9.74. The van der Waals surface area contributed by atoms with Gasteiger partial charge in [0.2, 0.25) is 0 Å². The summed E-state index contributed by atoms with van der Waals surface area (Å²) in [7, 11) is 0. The van der Waals surface area contributed by atoms with Crippen LogP contribution >= 0.6 is 0 Å². The molecule has 2 aliphatic rings.